The summed E-state index contributed by atoms with van der Waals surface area (Å²) in [5, 5.41) is 10.3. The molecule has 0 spiro atoms. The van der Waals surface area contributed by atoms with Crippen LogP contribution in [0.5, 0.6) is 0 Å². The second-order valence-electron chi connectivity index (χ2n) is 3.05. The number of nitro groups is 1. The number of hydrogen-bond acceptors (Lipinski definition) is 3. The van der Waals surface area contributed by atoms with E-state index in [0.29, 0.717) is 18.6 Å². The fourth-order valence-electron chi connectivity index (χ4n) is 1.11. The highest BCUT2D eigenvalue weighted by Crippen LogP contribution is 2.18. The lowest BCUT2D eigenvalue weighted by molar-refractivity contribution is -0.387. The standard InChI is InChI=1S/C11H10FNO3/c1-2-3-6-16-8-9-4-5-11(13(14)15)10(12)7-9/h1,4-5,7H,3,6,8H2. The third-order valence-electron chi connectivity index (χ3n) is 1.87. The van der Waals surface area contributed by atoms with Crippen LogP contribution < -0.4 is 0 Å². The van der Waals surface area contributed by atoms with Crippen molar-refractivity contribution in [3.8, 4) is 12.3 Å². The minimum absolute atomic E-state index is 0.191. The fourth-order valence-corrected chi connectivity index (χ4v) is 1.11. The van der Waals surface area contributed by atoms with Gasteiger partial charge in [-0.25, -0.2) is 0 Å². The summed E-state index contributed by atoms with van der Waals surface area (Å²) in [6.07, 6.45) is 5.50. The van der Waals surface area contributed by atoms with Crippen molar-refractivity contribution in [2.45, 2.75) is 13.0 Å². The van der Waals surface area contributed by atoms with Crippen LogP contribution in [0.15, 0.2) is 18.2 Å². The summed E-state index contributed by atoms with van der Waals surface area (Å²) in [4.78, 5) is 9.58. The molecule has 0 aromatic heterocycles. The predicted octanol–water partition coefficient (Wildman–Crippen LogP) is 2.27. The molecule has 4 nitrogen and oxygen atoms in total. The van der Waals surface area contributed by atoms with Gasteiger partial charge in [-0.3, -0.25) is 10.1 Å². The van der Waals surface area contributed by atoms with Gasteiger partial charge in [0.2, 0.25) is 5.82 Å². The van der Waals surface area contributed by atoms with Gasteiger partial charge in [-0.05, 0) is 17.7 Å². The van der Waals surface area contributed by atoms with E-state index in [9.17, 15) is 14.5 Å². The predicted molar refractivity (Wildman–Crippen MR) is 56.2 cm³/mol. The van der Waals surface area contributed by atoms with Gasteiger partial charge in [0.15, 0.2) is 0 Å². The van der Waals surface area contributed by atoms with E-state index in [1.165, 1.54) is 6.07 Å². The minimum atomic E-state index is -0.858. The van der Waals surface area contributed by atoms with Crippen LogP contribution in [0.2, 0.25) is 0 Å². The summed E-state index contributed by atoms with van der Waals surface area (Å²) < 4.78 is 18.3. The first-order chi connectivity index (χ1) is 7.65. The van der Waals surface area contributed by atoms with Gasteiger partial charge in [0.1, 0.15) is 0 Å². The Hall–Kier alpha value is -1.93. The zero-order chi connectivity index (χ0) is 12.0. The molecule has 0 unspecified atom stereocenters. The van der Waals surface area contributed by atoms with Crippen molar-refractivity contribution in [3.63, 3.8) is 0 Å². The largest absolute Gasteiger partial charge is 0.376 e. The van der Waals surface area contributed by atoms with Crippen molar-refractivity contribution in [2.75, 3.05) is 6.61 Å². The fraction of sp³-hybridized carbons (Fsp3) is 0.273. The van der Waals surface area contributed by atoms with E-state index in [1.807, 2.05) is 0 Å². The van der Waals surface area contributed by atoms with E-state index in [-0.39, 0.29) is 6.61 Å². The van der Waals surface area contributed by atoms with Crippen molar-refractivity contribution in [3.05, 3.63) is 39.7 Å². The Morgan fingerprint density at radius 1 is 1.56 bits per heavy atom. The van der Waals surface area contributed by atoms with Crippen molar-refractivity contribution in [2.24, 2.45) is 0 Å². The molecule has 0 saturated carbocycles. The van der Waals surface area contributed by atoms with Crippen molar-refractivity contribution < 1.29 is 14.1 Å². The monoisotopic (exact) mass is 223 g/mol. The Balaban J connectivity index is 2.60. The quantitative estimate of drug-likeness (QED) is 0.333. The maximum absolute atomic E-state index is 13.1. The first-order valence-electron chi connectivity index (χ1n) is 4.59. The van der Waals surface area contributed by atoms with Gasteiger partial charge in [0, 0.05) is 12.5 Å². The normalized spacial score (nSPS) is 9.75. The van der Waals surface area contributed by atoms with E-state index >= 15 is 0 Å². The molecule has 5 heteroatoms. The van der Waals surface area contributed by atoms with E-state index in [0.717, 1.165) is 12.1 Å². The molecule has 84 valence electrons. The summed E-state index contributed by atoms with van der Waals surface area (Å²) in [7, 11) is 0. The molecule has 1 aromatic carbocycles. The maximum atomic E-state index is 13.1. The van der Waals surface area contributed by atoms with Crippen LogP contribution in [0.1, 0.15) is 12.0 Å². The van der Waals surface area contributed by atoms with Gasteiger partial charge in [-0.15, -0.1) is 12.3 Å². The average Bonchev–Trinajstić information content (AvgIpc) is 2.24. The average molecular weight is 223 g/mol. The van der Waals surface area contributed by atoms with E-state index in [4.69, 9.17) is 11.2 Å². The summed E-state index contributed by atoms with van der Waals surface area (Å²) in [5.74, 6) is 1.54. The molecule has 0 aliphatic rings. The van der Waals surface area contributed by atoms with Gasteiger partial charge in [-0.2, -0.15) is 4.39 Å². The van der Waals surface area contributed by atoms with Gasteiger partial charge in [-0.1, -0.05) is 0 Å². The summed E-state index contributed by atoms with van der Waals surface area (Å²) in [6.45, 7) is 0.575. The molecule has 1 rings (SSSR count). The molecule has 0 N–H and O–H groups in total. The number of nitro benzene ring substituents is 1. The Morgan fingerprint density at radius 2 is 2.31 bits per heavy atom. The van der Waals surface area contributed by atoms with Gasteiger partial charge < -0.3 is 4.74 Å². The van der Waals surface area contributed by atoms with Gasteiger partial charge >= 0.3 is 5.69 Å². The Kier molecular flexibility index (Phi) is 4.42. The molecule has 0 amide bonds. The van der Waals surface area contributed by atoms with Crippen molar-refractivity contribution in [1.82, 2.24) is 0 Å². The number of rotatable bonds is 5. The van der Waals surface area contributed by atoms with Gasteiger partial charge in [0.05, 0.1) is 18.1 Å². The van der Waals surface area contributed by atoms with Crippen LogP contribution in [-0.4, -0.2) is 11.5 Å². The van der Waals surface area contributed by atoms with Crippen LogP contribution in [0, 0.1) is 28.3 Å². The number of terminal acetylenes is 1. The molecule has 0 fully saturated rings. The topological polar surface area (TPSA) is 52.4 Å². The van der Waals surface area contributed by atoms with E-state index < -0.39 is 16.4 Å². The SMILES string of the molecule is C#CCCOCc1ccc([N+](=O)[O-])c(F)c1. The Bertz CT molecular complexity index is 426. The number of ether oxygens (including phenoxy) is 1. The van der Waals surface area contributed by atoms with E-state index in [1.54, 1.807) is 0 Å². The van der Waals surface area contributed by atoms with Crippen LogP contribution in [0.25, 0.3) is 0 Å². The lowest BCUT2D eigenvalue weighted by Crippen LogP contribution is -1.97. The number of benzene rings is 1. The highest BCUT2D eigenvalue weighted by atomic mass is 19.1. The number of nitrogens with zero attached hydrogens (tertiary/aromatic N) is 1. The van der Waals surface area contributed by atoms with Crippen LogP contribution in [-0.2, 0) is 11.3 Å². The molecule has 0 radical (unpaired) electrons. The van der Waals surface area contributed by atoms with Crippen LogP contribution in [0.4, 0.5) is 10.1 Å². The molecule has 1 aromatic rings. The Labute approximate surface area is 92.2 Å². The van der Waals surface area contributed by atoms with Crippen molar-refractivity contribution >= 4 is 5.69 Å². The lowest BCUT2D eigenvalue weighted by Gasteiger charge is -2.02. The summed E-state index contributed by atoms with van der Waals surface area (Å²) in [5.41, 5.74) is 0.00694. The molecule has 16 heavy (non-hydrogen) atoms. The lowest BCUT2D eigenvalue weighted by atomic mass is 10.2. The molecular weight excluding hydrogens is 213 g/mol. The zero-order valence-corrected chi connectivity index (χ0v) is 8.48. The summed E-state index contributed by atoms with van der Waals surface area (Å²) >= 11 is 0. The molecular formula is C11H10FNO3. The summed E-state index contributed by atoms with van der Waals surface area (Å²) in [6, 6.07) is 3.67. The highest BCUT2D eigenvalue weighted by Gasteiger charge is 2.13. The second kappa shape index (κ2) is 5.83. The number of hydrogen-bond donors (Lipinski definition) is 0. The smallest absolute Gasteiger partial charge is 0.304 e. The zero-order valence-electron chi connectivity index (χ0n) is 8.48. The molecule has 0 aliphatic heterocycles. The highest BCUT2D eigenvalue weighted by molar-refractivity contribution is 5.34. The van der Waals surface area contributed by atoms with E-state index in [2.05, 4.69) is 5.92 Å². The number of halogens is 1. The maximum Gasteiger partial charge on any atom is 0.304 e. The third-order valence-corrected chi connectivity index (χ3v) is 1.87. The molecule has 0 saturated heterocycles. The third kappa shape index (κ3) is 3.33. The van der Waals surface area contributed by atoms with Crippen LogP contribution >= 0.6 is 0 Å². The minimum Gasteiger partial charge on any atom is -0.376 e. The van der Waals surface area contributed by atoms with Crippen molar-refractivity contribution in [1.29, 1.82) is 0 Å². The molecule has 0 atom stereocenters. The molecule has 0 bridgehead atoms. The second-order valence-corrected chi connectivity index (χ2v) is 3.05. The molecule has 0 heterocycles. The van der Waals surface area contributed by atoms with Crippen LogP contribution in [0.3, 0.4) is 0 Å². The molecule has 0 aliphatic carbocycles. The first kappa shape index (κ1) is 12.1. The Morgan fingerprint density at radius 3 is 2.88 bits per heavy atom. The van der Waals surface area contributed by atoms with Gasteiger partial charge in [0.25, 0.3) is 0 Å². The first-order valence-corrected chi connectivity index (χ1v) is 4.59.